The number of hydrogen-bond donors (Lipinski definition) is 1. The Morgan fingerprint density at radius 1 is 1.20 bits per heavy atom. The summed E-state index contributed by atoms with van der Waals surface area (Å²) in [6.45, 7) is 4.74. The molecule has 102 valence electrons. The molecule has 0 aliphatic heterocycles. The Hall–Kier alpha value is -2.07. The predicted octanol–water partition coefficient (Wildman–Crippen LogP) is 3.33. The van der Waals surface area contributed by atoms with E-state index in [1.165, 1.54) is 11.1 Å². The highest BCUT2D eigenvalue weighted by Gasteiger charge is 2.08. The Balaban J connectivity index is 2.07. The standard InChI is InChI=1S/C15H15ClN4/c1-9-5-12-14(6-10(9)2)20(8-18-12)7-13-11(16)3-4-15(17)19-13/h3-6,8H,7H2,1-2H3,(H2,17,19). The van der Waals surface area contributed by atoms with Gasteiger partial charge in [0.2, 0.25) is 0 Å². The van der Waals surface area contributed by atoms with E-state index in [2.05, 4.69) is 35.9 Å². The number of pyridine rings is 1. The number of anilines is 1. The lowest BCUT2D eigenvalue weighted by atomic mass is 10.1. The average Bonchev–Trinajstić information content (AvgIpc) is 2.77. The molecule has 0 saturated carbocycles. The van der Waals surface area contributed by atoms with Gasteiger partial charge in [-0.3, -0.25) is 0 Å². The Kier molecular flexibility index (Phi) is 3.10. The van der Waals surface area contributed by atoms with Crippen LogP contribution in [0.4, 0.5) is 5.82 Å². The number of nitrogen functional groups attached to an aromatic ring is 1. The third-order valence-corrected chi connectivity index (χ3v) is 3.84. The van der Waals surface area contributed by atoms with E-state index in [4.69, 9.17) is 17.3 Å². The number of aromatic nitrogens is 3. The first-order chi connectivity index (χ1) is 9.54. The van der Waals surface area contributed by atoms with Crippen LogP contribution in [-0.2, 0) is 6.54 Å². The molecule has 0 saturated heterocycles. The second-order valence-electron chi connectivity index (χ2n) is 4.96. The zero-order valence-corrected chi connectivity index (χ0v) is 12.1. The Labute approximate surface area is 122 Å². The minimum absolute atomic E-state index is 0.473. The molecule has 0 spiro atoms. The number of nitrogens with two attached hydrogens (primary N) is 1. The molecule has 0 radical (unpaired) electrons. The third kappa shape index (κ3) is 2.23. The molecule has 2 heterocycles. The molecule has 0 atom stereocenters. The zero-order valence-electron chi connectivity index (χ0n) is 11.4. The normalized spacial score (nSPS) is 11.2. The zero-order chi connectivity index (χ0) is 14.3. The van der Waals surface area contributed by atoms with E-state index in [-0.39, 0.29) is 0 Å². The molecule has 0 unspecified atom stereocenters. The van der Waals surface area contributed by atoms with Crippen molar-refractivity contribution >= 4 is 28.5 Å². The fourth-order valence-electron chi connectivity index (χ4n) is 2.21. The van der Waals surface area contributed by atoms with Gasteiger partial charge in [-0.25, -0.2) is 9.97 Å². The van der Waals surface area contributed by atoms with Crippen molar-refractivity contribution in [1.29, 1.82) is 0 Å². The van der Waals surface area contributed by atoms with Crippen LogP contribution in [0.2, 0.25) is 5.02 Å². The second-order valence-corrected chi connectivity index (χ2v) is 5.37. The first-order valence-electron chi connectivity index (χ1n) is 6.37. The summed E-state index contributed by atoms with van der Waals surface area (Å²) in [6.07, 6.45) is 1.81. The van der Waals surface area contributed by atoms with Crippen molar-refractivity contribution in [2.45, 2.75) is 20.4 Å². The molecule has 3 aromatic rings. The Morgan fingerprint density at radius 2 is 1.95 bits per heavy atom. The van der Waals surface area contributed by atoms with E-state index in [9.17, 15) is 0 Å². The predicted molar refractivity (Wildman–Crippen MR) is 82.0 cm³/mol. The van der Waals surface area contributed by atoms with Gasteiger partial charge >= 0.3 is 0 Å². The molecule has 2 aromatic heterocycles. The average molecular weight is 287 g/mol. The van der Waals surface area contributed by atoms with Crippen molar-refractivity contribution in [2.75, 3.05) is 5.73 Å². The van der Waals surface area contributed by atoms with Gasteiger partial charge in [0.25, 0.3) is 0 Å². The molecular formula is C15H15ClN4. The van der Waals surface area contributed by atoms with Gasteiger partial charge in [-0.1, -0.05) is 11.6 Å². The number of nitrogens with zero attached hydrogens (tertiary/aromatic N) is 3. The molecule has 0 aliphatic rings. The highest BCUT2D eigenvalue weighted by Crippen LogP contribution is 2.21. The molecule has 0 aliphatic carbocycles. The van der Waals surface area contributed by atoms with Crippen LogP contribution in [0.5, 0.6) is 0 Å². The van der Waals surface area contributed by atoms with Crippen LogP contribution in [0.15, 0.2) is 30.6 Å². The number of aryl methyl sites for hydroxylation is 2. The molecule has 0 bridgehead atoms. The van der Waals surface area contributed by atoms with E-state index >= 15 is 0 Å². The van der Waals surface area contributed by atoms with Gasteiger partial charge in [0.1, 0.15) is 5.82 Å². The molecule has 5 heteroatoms. The summed E-state index contributed by atoms with van der Waals surface area (Å²) in [7, 11) is 0. The number of fused-ring (bicyclic) bond motifs is 1. The lowest BCUT2D eigenvalue weighted by molar-refractivity contribution is 0.799. The number of benzene rings is 1. The van der Waals surface area contributed by atoms with E-state index in [0.717, 1.165) is 16.7 Å². The lowest BCUT2D eigenvalue weighted by Gasteiger charge is -2.08. The van der Waals surface area contributed by atoms with Crippen LogP contribution in [0.25, 0.3) is 11.0 Å². The molecule has 0 fully saturated rings. The van der Waals surface area contributed by atoms with Gasteiger partial charge in [0, 0.05) is 0 Å². The first kappa shape index (κ1) is 12.9. The maximum Gasteiger partial charge on any atom is 0.123 e. The third-order valence-electron chi connectivity index (χ3n) is 3.50. The molecular weight excluding hydrogens is 272 g/mol. The van der Waals surface area contributed by atoms with Gasteiger partial charge < -0.3 is 10.3 Å². The van der Waals surface area contributed by atoms with Crippen LogP contribution in [0.3, 0.4) is 0 Å². The minimum Gasteiger partial charge on any atom is -0.384 e. The molecule has 20 heavy (non-hydrogen) atoms. The van der Waals surface area contributed by atoms with Crippen molar-refractivity contribution in [3.05, 3.63) is 52.4 Å². The number of halogens is 1. The smallest absolute Gasteiger partial charge is 0.123 e. The summed E-state index contributed by atoms with van der Waals surface area (Å²) < 4.78 is 2.04. The van der Waals surface area contributed by atoms with E-state index in [0.29, 0.717) is 17.4 Å². The highest BCUT2D eigenvalue weighted by molar-refractivity contribution is 6.31. The van der Waals surface area contributed by atoms with Crippen molar-refractivity contribution in [1.82, 2.24) is 14.5 Å². The summed E-state index contributed by atoms with van der Waals surface area (Å²) in [6, 6.07) is 7.70. The van der Waals surface area contributed by atoms with Gasteiger partial charge in [0.05, 0.1) is 34.6 Å². The molecule has 3 rings (SSSR count). The van der Waals surface area contributed by atoms with Crippen molar-refractivity contribution in [2.24, 2.45) is 0 Å². The van der Waals surface area contributed by atoms with Gasteiger partial charge in [-0.2, -0.15) is 0 Å². The summed E-state index contributed by atoms with van der Waals surface area (Å²) in [5, 5.41) is 0.616. The highest BCUT2D eigenvalue weighted by atomic mass is 35.5. The van der Waals surface area contributed by atoms with Gasteiger partial charge in [0.15, 0.2) is 0 Å². The topological polar surface area (TPSA) is 56.7 Å². The number of rotatable bonds is 2. The lowest BCUT2D eigenvalue weighted by Crippen LogP contribution is -2.03. The number of hydrogen-bond acceptors (Lipinski definition) is 3. The summed E-state index contributed by atoms with van der Waals surface area (Å²) in [4.78, 5) is 8.72. The van der Waals surface area contributed by atoms with E-state index in [1.54, 1.807) is 12.1 Å². The van der Waals surface area contributed by atoms with E-state index < -0.39 is 0 Å². The fourth-order valence-corrected chi connectivity index (χ4v) is 2.38. The van der Waals surface area contributed by atoms with Gasteiger partial charge in [-0.15, -0.1) is 0 Å². The van der Waals surface area contributed by atoms with E-state index in [1.807, 2.05) is 10.9 Å². The summed E-state index contributed by atoms with van der Waals surface area (Å²) in [5.41, 5.74) is 11.0. The summed E-state index contributed by atoms with van der Waals surface area (Å²) >= 11 is 6.17. The quantitative estimate of drug-likeness (QED) is 0.786. The summed E-state index contributed by atoms with van der Waals surface area (Å²) in [5.74, 6) is 0.473. The Bertz CT molecular complexity index is 792. The van der Waals surface area contributed by atoms with Crippen LogP contribution in [0, 0.1) is 13.8 Å². The Morgan fingerprint density at radius 3 is 2.75 bits per heavy atom. The second kappa shape index (κ2) is 4.80. The maximum atomic E-state index is 6.17. The van der Waals surface area contributed by atoms with Gasteiger partial charge in [-0.05, 0) is 49.2 Å². The van der Waals surface area contributed by atoms with Crippen LogP contribution in [-0.4, -0.2) is 14.5 Å². The van der Waals surface area contributed by atoms with Crippen LogP contribution < -0.4 is 5.73 Å². The van der Waals surface area contributed by atoms with Crippen molar-refractivity contribution in [3.8, 4) is 0 Å². The minimum atomic E-state index is 0.473. The largest absolute Gasteiger partial charge is 0.384 e. The van der Waals surface area contributed by atoms with Crippen LogP contribution >= 0.6 is 11.6 Å². The molecule has 4 nitrogen and oxygen atoms in total. The monoisotopic (exact) mass is 286 g/mol. The van der Waals surface area contributed by atoms with Crippen molar-refractivity contribution in [3.63, 3.8) is 0 Å². The fraction of sp³-hybridized carbons (Fsp3) is 0.200. The first-order valence-corrected chi connectivity index (χ1v) is 6.75. The molecule has 1 aromatic carbocycles. The van der Waals surface area contributed by atoms with Crippen molar-refractivity contribution < 1.29 is 0 Å². The number of imidazole rings is 1. The maximum absolute atomic E-state index is 6.17. The SMILES string of the molecule is Cc1cc2ncn(Cc3nc(N)ccc3Cl)c2cc1C. The molecule has 2 N–H and O–H groups in total. The van der Waals surface area contributed by atoms with Crippen LogP contribution in [0.1, 0.15) is 16.8 Å². The molecule has 0 amide bonds.